The molecule has 100 valence electrons. The summed E-state index contributed by atoms with van der Waals surface area (Å²) >= 11 is 0. The van der Waals surface area contributed by atoms with E-state index in [1.807, 2.05) is 0 Å². The number of carbonyl (C=O) groups is 1. The van der Waals surface area contributed by atoms with Crippen molar-refractivity contribution in [3.05, 3.63) is 12.3 Å². The number of aromatic nitrogens is 2. The second kappa shape index (κ2) is 6.49. The van der Waals surface area contributed by atoms with Gasteiger partial charge < -0.3 is 9.74 Å². The van der Waals surface area contributed by atoms with Gasteiger partial charge in [0.05, 0.1) is 0 Å². The Morgan fingerprint density at radius 2 is 1.94 bits per heavy atom. The summed E-state index contributed by atoms with van der Waals surface area (Å²) in [6, 6.07) is 5.13. The van der Waals surface area contributed by atoms with Gasteiger partial charge in [0, 0.05) is 13.1 Å². The van der Waals surface area contributed by atoms with E-state index in [0.29, 0.717) is 11.8 Å². The third-order valence-electron chi connectivity index (χ3n) is 3.18. The molecule has 5 nitrogen and oxygen atoms in total. The van der Waals surface area contributed by atoms with Gasteiger partial charge in [-0.3, -0.25) is 4.79 Å². The number of anilines is 1. The molecule has 0 fully saturated rings. The van der Waals surface area contributed by atoms with Crippen LogP contribution >= 0.6 is 0 Å². The van der Waals surface area contributed by atoms with Crippen LogP contribution in [0, 0.1) is 0 Å². The van der Waals surface area contributed by atoms with Crippen molar-refractivity contribution in [1.82, 2.24) is 9.97 Å². The Morgan fingerprint density at radius 3 is 2.44 bits per heavy atom. The number of hydrogen-bond donors (Lipinski definition) is 1. The van der Waals surface area contributed by atoms with Crippen LogP contribution in [0.25, 0.3) is 0 Å². The number of nitrogens with one attached hydrogen (secondary N) is 1. The summed E-state index contributed by atoms with van der Waals surface area (Å²) < 4.78 is 6.04. The standard InChI is InChI=1S/C12H21N3O2Si/c1-5-18(6-2,7-3)17-12-13-9-8-11(15-12)14-10(4)16/h8-9H,5-7H2,1-4H3,(H,13,14,15,16). The van der Waals surface area contributed by atoms with Gasteiger partial charge in [0.15, 0.2) is 0 Å². The Hall–Kier alpha value is -1.43. The molecule has 0 saturated heterocycles. The topological polar surface area (TPSA) is 64.1 Å². The number of hydrogen-bond acceptors (Lipinski definition) is 4. The SMILES string of the molecule is CC[Si](CC)(CC)Oc1nccc(NC(C)=O)n1. The maximum Gasteiger partial charge on any atom is 0.304 e. The monoisotopic (exact) mass is 267 g/mol. The van der Waals surface area contributed by atoms with Gasteiger partial charge in [-0.1, -0.05) is 20.8 Å². The van der Waals surface area contributed by atoms with Crippen molar-refractivity contribution in [3.8, 4) is 6.01 Å². The average molecular weight is 267 g/mol. The maximum atomic E-state index is 11.0. The first-order valence-electron chi connectivity index (χ1n) is 6.35. The van der Waals surface area contributed by atoms with E-state index in [-0.39, 0.29) is 5.91 Å². The van der Waals surface area contributed by atoms with Crippen LogP contribution in [-0.2, 0) is 4.79 Å². The molecule has 0 aromatic carbocycles. The van der Waals surface area contributed by atoms with E-state index in [9.17, 15) is 4.79 Å². The molecular weight excluding hydrogens is 246 g/mol. The predicted octanol–water partition coefficient (Wildman–Crippen LogP) is 2.82. The van der Waals surface area contributed by atoms with Crippen LogP contribution in [0.4, 0.5) is 5.82 Å². The van der Waals surface area contributed by atoms with Crippen molar-refractivity contribution in [2.75, 3.05) is 5.32 Å². The molecule has 0 aliphatic heterocycles. The van der Waals surface area contributed by atoms with Gasteiger partial charge in [-0.2, -0.15) is 4.98 Å². The van der Waals surface area contributed by atoms with Crippen molar-refractivity contribution >= 4 is 20.0 Å². The van der Waals surface area contributed by atoms with E-state index in [4.69, 9.17) is 4.43 Å². The Bertz CT molecular complexity index is 400. The third kappa shape index (κ3) is 3.80. The summed E-state index contributed by atoms with van der Waals surface area (Å²) in [5, 5.41) is 2.63. The Balaban J connectivity index is 2.86. The molecule has 0 aliphatic carbocycles. The van der Waals surface area contributed by atoms with E-state index in [1.54, 1.807) is 12.3 Å². The zero-order valence-corrected chi connectivity index (χ0v) is 12.5. The quantitative estimate of drug-likeness (QED) is 0.805. The molecule has 1 N–H and O–H groups in total. The summed E-state index contributed by atoms with van der Waals surface area (Å²) in [6.07, 6.45) is 1.60. The zero-order chi connectivity index (χ0) is 13.6. The van der Waals surface area contributed by atoms with E-state index >= 15 is 0 Å². The minimum absolute atomic E-state index is 0.148. The highest BCUT2D eigenvalue weighted by molar-refractivity contribution is 6.74. The van der Waals surface area contributed by atoms with E-state index < -0.39 is 8.32 Å². The maximum absolute atomic E-state index is 11.0. The van der Waals surface area contributed by atoms with Crippen LogP contribution in [0.5, 0.6) is 6.01 Å². The minimum Gasteiger partial charge on any atom is -0.517 e. The number of carbonyl (C=O) groups excluding carboxylic acids is 1. The molecule has 1 rings (SSSR count). The molecule has 0 saturated carbocycles. The molecule has 1 amide bonds. The van der Waals surface area contributed by atoms with Crippen LogP contribution in [0.1, 0.15) is 27.7 Å². The molecule has 1 aromatic rings. The van der Waals surface area contributed by atoms with Gasteiger partial charge in [-0.15, -0.1) is 0 Å². The van der Waals surface area contributed by atoms with Crippen molar-refractivity contribution in [2.24, 2.45) is 0 Å². The number of amides is 1. The van der Waals surface area contributed by atoms with Gasteiger partial charge in [-0.05, 0) is 24.2 Å². The van der Waals surface area contributed by atoms with Crippen LogP contribution in [0.2, 0.25) is 18.1 Å². The highest BCUT2D eigenvalue weighted by Gasteiger charge is 2.31. The molecule has 0 aliphatic rings. The van der Waals surface area contributed by atoms with Gasteiger partial charge >= 0.3 is 6.01 Å². The Kier molecular flexibility index (Phi) is 5.27. The van der Waals surface area contributed by atoms with Gasteiger partial charge in [0.25, 0.3) is 8.32 Å². The fraction of sp³-hybridized carbons (Fsp3) is 0.583. The number of nitrogens with zero attached hydrogens (tertiary/aromatic N) is 2. The van der Waals surface area contributed by atoms with E-state index in [0.717, 1.165) is 18.1 Å². The number of rotatable bonds is 6. The minimum atomic E-state index is -1.76. The summed E-state index contributed by atoms with van der Waals surface area (Å²) in [5.41, 5.74) is 0. The Morgan fingerprint density at radius 1 is 1.33 bits per heavy atom. The second-order valence-corrected chi connectivity index (χ2v) is 8.94. The summed E-state index contributed by atoms with van der Waals surface area (Å²) in [4.78, 5) is 19.3. The van der Waals surface area contributed by atoms with Crippen LogP contribution in [0.3, 0.4) is 0 Å². The highest BCUT2D eigenvalue weighted by Crippen LogP contribution is 2.23. The Labute approximate surface area is 109 Å². The first-order chi connectivity index (χ1) is 8.55. The predicted molar refractivity (Wildman–Crippen MR) is 74.2 cm³/mol. The molecule has 0 bridgehead atoms. The molecule has 0 spiro atoms. The fourth-order valence-electron chi connectivity index (χ4n) is 1.80. The van der Waals surface area contributed by atoms with Crippen molar-refractivity contribution in [1.29, 1.82) is 0 Å². The van der Waals surface area contributed by atoms with Gasteiger partial charge in [0.1, 0.15) is 5.82 Å². The molecule has 0 unspecified atom stereocenters. The van der Waals surface area contributed by atoms with Crippen LogP contribution < -0.4 is 9.74 Å². The molecule has 0 radical (unpaired) electrons. The smallest absolute Gasteiger partial charge is 0.304 e. The molecule has 0 atom stereocenters. The third-order valence-corrected chi connectivity index (χ3v) is 7.66. The first-order valence-corrected chi connectivity index (χ1v) is 8.87. The van der Waals surface area contributed by atoms with E-state index in [1.165, 1.54) is 6.92 Å². The lowest BCUT2D eigenvalue weighted by molar-refractivity contribution is -0.114. The molecule has 1 heterocycles. The summed E-state index contributed by atoms with van der Waals surface area (Å²) in [6.45, 7) is 7.90. The zero-order valence-electron chi connectivity index (χ0n) is 11.5. The molecule has 1 aromatic heterocycles. The molecule has 6 heteroatoms. The normalized spacial score (nSPS) is 11.1. The van der Waals surface area contributed by atoms with Crippen molar-refractivity contribution in [2.45, 2.75) is 45.8 Å². The summed E-state index contributed by atoms with van der Waals surface area (Å²) in [5.74, 6) is 0.336. The highest BCUT2D eigenvalue weighted by atomic mass is 28.4. The van der Waals surface area contributed by atoms with Crippen molar-refractivity contribution < 1.29 is 9.22 Å². The molecular formula is C12H21N3O2Si. The first kappa shape index (κ1) is 14.6. The molecule has 18 heavy (non-hydrogen) atoms. The lowest BCUT2D eigenvalue weighted by Crippen LogP contribution is -2.39. The lowest BCUT2D eigenvalue weighted by atomic mass is 10.5. The summed E-state index contributed by atoms with van der Waals surface area (Å²) in [7, 11) is -1.76. The lowest BCUT2D eigenvalue weighted by Gasteiger charge is -2.27. The van der Waals surface area contributed by atoms with Crippen LogP contribution in [-0.4, -0.2) is 24.2 Å². The van der Waals surface area contributed by atoms with Crippen LogP contribution in [0.15, 0.2) is 12.3 Å². The fourth-order valence-corrected chi connectivity index (χ4v) is 4.22. The van der Waals surface area contributed by atoms with Gasteiger partial charge in [-0.25, -0.2) is 4.98 Å². The van der Waals surface area contributed by atoms with E-state index in [2.05, 4.69) is 36.1 Å². The second-order valence-electron chi connectivity index (χ2n) is 4.25. The van der Waals surface area contributed by atoms with Crippen molar-refractivity contribution in [3.63, 3.8) is 0 Å². The average Bonchev–Trinajstić information content (AvgIpc) is 2.36. The largest absolute Gasteiger partial charge is 0.517 e. The van der Waals surface area contributed by atoms with Gasteiger partial charge in [0.2, 0.25) is 5.91 Å².